The first-order valence-corrected chi connectivity index (χ1v) is 14.6. The Morgan fingerprint density at radius 3 is 2.25 bits per heavy atom. The third-order valence-corrected chi connectivity index (χ3v) is 7.31. The lowest BCUT2D eigenvalue weighted by Crippen LogP contribution is -2.30. The van der Waals surface area contributed by atoms with Crippen molar-refractivity contribution in [2.45, 2.75) is 76.2 Å². The van der Waals surface area contributed by atoms with Crippen molar-refractivity contribution in [1.82, 2.24) is 14.6 Å². The quantitative estimate of drug-likeness (QED) is 0.201. The van der Waals surface area contributed by atoms with Crippen molar-refractivity contribution < 1.29 is 27.5 Å². The van der Waals surface area contributed by atoms with Crippen LogP contribution in [0.5, 0.6) is 0 Å². The number of hydrogen-bond acceptors (Lipinski definition) is 7. The molecule has 2 amide bonds. The van der Waals surface area contributed by atoms with Gasteiger partial charge in [-0.2, -0.15) is 0 Å². The summed E-state index contributed by atoms with van der Waals surface area (Å²) in [7, 11) is -4.38. The molecule has 40 heavy (non-hydrogen) atoms. The Balaban J connectivity index is 1.88. The Kier molecular flexibility index (Phi) is 12.1. The summed E-state index contributed by atoms with van der Waals surface area (Å²) in [5.74, 6) is 0.998. The van der Waals surface area contributed by atoms with Gasteiger partial charge in [-0.3, -0.25) is 19.2 Å². The monoisotopic (exact) mass is 571 g/mol. The number of amides is 2. The van der Waals surface area contributed by atoms with Crippen LogP contribution in [0.4, 0.5) is 0 Å². The van der Waals surface area contributed by atoms with Gasteiger partial charge in [0.15, 0.2) is 0 Å². The zero-order valence-electron chi connectivity index (χ0n) is 23.2. The second-order valence-electron chi connectivity index (χ2n) is 10.2. The Morgan fingerprint density at radius 2 is 1.57 bits per heavy atom. The smallest absolute Gasteiger partial charge is 0.306 e. The second kappa shape index (κ2) is 15.0. The van der Waals surface area contributed by atoms with Crippen molar-refractivity contribution in [1.29, 1.82) is 0 Å². The maximum atomic E-state index is 13.2. The third kappa shape index (κ3) is 10.3. The van der Waals surface area contributed by atoms with E-state index in [1.165, 1.54) is 24.3 Å². The van der Waals surface area contributed by atoms with Crippen LogP contribution in [0.1, 0.15) is 86.4 Å². The summed E-state index contributed by atoms with van der Waals surface area (Å²) in [5.41, 5.74) is -1.25. The first-order chi connectivity index (χ1) is 18.8. The summed E-state index contributed by atoms with van der Waals surface area (Å²) in [4.78, 5) is 48.6. The van der Waals surface area contributed by atoms with E-state index in [0.717, 1.165) is 56.9 Å². The van der Waals surface area contributed by atoms with Gasteiger partial charge in [-0.05, 0) is 57.9 Å². The number of ether oxygens (including phenoxy) is 1. The van der Waals surface area contributed by atoms with E-state index in [9.17, 15) is 27.6 Å². The van der Waals surface area contributed by atoms with E-state index >= 15 is 0 Å². The number of hydrogen-bond donors (Lipinski definition) is 2. The highest BCUT2D eigenvalue weighted by atomic mass is 32.2. The van der Waals surface area contributed by atoms with Gasteiger partial charge in [-0.15, -0.1) is 6.42 Å². The van der Waals surface area contributed by atoms with E-state index in [4.69, 9.17) is 11.2 Å². The van der Waals surface area contributed by atoms with Gasteiger partial charge in [-0.1, -0.05) is 37.7 Å². The zero-order valence-corrected chi connectivity index (χ0v) is 24.0. The number of carbonyl (C=O) groups excluding carboxylic acids is 3. The molecule has 2 N–H and O–H groups in total. The topological polar surface area (TPSA) is 141 Å². The number of carbonyl (C=O) groups is 3. The third-order valence-electron chi connectivity index (χ3n) is 5.66. The van der Waals surface area contributed by atoms with Gasteiger partial charge in [0.2, 0.25) is 0 Å². The number of pyridine rings is 1. The summed E-state index contributed by atoms with van der Waals surface area (Å²) in [6.45, 7) is 5.89. The molecule has 0 saturated heterocycles. The van der Waals surface area contributed by atoms with Crippen LogP contribution in [-0.2, 0) is 19.6 Å². The van der Waals surface area contributed by atoms with Crippen molar-refractivity contribution in [2.24, 2.45) is 0 Å². The van der Waals surface area contributed by atoms with Crippen LogP contribution in [0.15, 0.2) is 52.3 Å². The van der Waals surface area contributed by atoms with E-state index in [2.05, 4.69) is 16.6 Å². The van der Waals surface area contributed by atoms with Crippen molar-refractivity contribution in [3.63, 3.8) is 0 Å². The SMILES string of the molecule is C#CCNC(=O)c1cccc(S(=O)(=O)n2cc(C(=O)NCCCCCCCCC(=O)OC(C)(C)C)ccc2=O)c1. The molecule has 2 rings (SSSR count). The van der Waals surface area contributed by atoms with Gasteiger partial charge >= 0.3 is 5.97 Å². The summed E-state index contributed by atoms with van der Waals surface area (Å²) in [6, 6.07) is 7.45. The van der Waals surface area contributed by atoms with Crippen LogP contribution in [0, 0.1) is 12.3 Å². The number of terminal acetylenes is 1. The van der Waals surface area contributed by atoms with Gasteiger partial charge < -0.3 is 15.4 Å². The molecule has 0 aliphatic heterocycles. The summed E-state index contributed by atoms with van der Waals surface area (Å²) in [6.07, 6.45) is 11.7. The minimum absolute atomic E-state index is 0.00763. The first kappa shape index (κ1) is 32.3. The number of benzene rings is 1. The Labute approximate surface area is 235 Å². The zero-order chi connectivity index (χ0) is 29.8. The van der Waals surface area contributed by atoms with E-state index in [0.29, 0.717) is 16.9 Å². The standard InChI is InChI=1S/C29H37N3O7S/c1-5-18-30-27(35)22-13-12-14-24(20-22)40(37,38)32-21-23(16-17-25(32)33)28(36)31-19-11-9-7-6-8-10-15-26(34)39-29(2,3)4/h1,12-14,16-17,20-21H,6-11,15,18-19H2,2-4H3,(H,30,35)(H,31,36). The minimum Gasteiger partial charge on any atom is -0.460 e. The summed E-state index contributed by atoms with van der Waals surface area (Å²) >= 11 is 0. The minimum atomic E-state index is -4.38. The molecule has 0 unspecified atom stereocenters. The van der Waals surface area contributed by atoms with Gasteiger partial charge in [0.05, 0.1) is 17.0 Å². The van der Waals surface area contributed by atoms with Crippen molar-refractivity contribution in [3.05, 3.63) is 64.1 Å². The lowest BCUT2D eigenvalue weighted by molar-refractivity contribution is -0.154. The Hall–Kier alpha value is -3.91. The summed E-state index contributed by atoms with van der Waals surface area (Å²) in [5, 5.41) is 5.19. The van der Waals surface area contributed by atoms with E-state index < -0.39 is 33.0 Å². The number of aromatic nitrogens is 1. The van der Waals surface area contributed by atoms with Crippen molar-refractivity contribution >= 4 is 27.8 Å². The molecule has 0 radical (unpaired) electrons. The average Bonchev–Trinajstić information content (AvgIpc) is 2.89. The van der Waals surface area contributed by atoms with E-state index in [1.54, 1.807) is 0 Å². The number of esters is 1. The molecule has 1 aromatic heterocycles. The fourth-order valence-electron chi connectivity index (χ4n) is 3.73. The number of nitrogens with zero attached hydrogens (tertiary/aromatic N) is 1. The molecule has 2 aromatic rings. The maximum Gasteiger partial charge on any atom is 0.306 e. The van der Waals surface area contributed by atoms with Crippen LogP contribution in [0.25, 0.3) is 0 Å². The van der Waals surface area contributed by atoms with Crippen LogP contribution < -0.4 is 16.2 Å². The van der Waals surface area contributed by atoms with Crippen molar-refractivity contribution in [3.8, 4) is 12.3 Å². The van der Waals surface area contributed by atoms with E-state index in [1.807, 2.05) is 20.8 Å². The van der Waals surface area contributed by atoms with Crippen LogP contribution in [0.2, 0.25) is 0 Å². The Bertz CT molecular complexity index is 1400. The van der Waals surface area contributed by atoms with Crippen LogP contribution >= 0.6 is 0 Å². The molecule has 0 aliphatic rings. The van der Waals surface area contributed by atoms with Gasteiger partial charge in [0, 0.05) is 30.8 Å². The second-order valence-corrected chi connectivity index (χ2v) is 12.0. The molecule has 0 spiro atoms. The molecule has 0 aliphatic carbocycles. The van der Waals surface area contributed by atoms with Crippen LogP contribution in [0.3, 0.4) is 0 Å². The number of nitrogens with one attached hydrogen (secondary N) is 2. The van der Waals surface area contributed by atoms with Crippen molar-refractivity contribution in [2.75, 3.05) is 13.1 Å². The largest absolute Gasteiger partial charge is 0.460 e. The molecule has 1 heterocycles. The first-order valence-electron chi connectivity index (χ1n) is 13.2. The highest BCUT2D eigenvalue weighted by Gasteiger charge is 2.21. The predicted octanol–water partition coefficient (Wildman–Crippen LogP) is 3.25. The molecule has 0 fully saturated rings. The van der Waals surface area contributed by atoms with E-state index in [-0.39, 0.29) is 28.5 Å². The molecule has 1 aromatic carbocycles. The predicted molar refractivity (Wildman–Crippen MR) is 151 cm³/mol. The molecule has 11 heteroatoms. The summed E-state index contributed by atoms with van der Waals surface area (Å²) < 4.78 is 32.1. The van der Waals surface area contributed by atoms with Gasteiger partial charge in [0.1, 0.15) is 5.60 Å². The Morgan fingerprint density at radius 1 is 0.925 bits per heavy atom. The molecule has 0 saturated carbocycles. The molecule has 0 bridgehead atoms. The molecule has 0 atom stereocenters. The highest BCUT2D eigenvalue weighted by molar-refractivity contribution is 7.90. The molecule has 216 valence electrons. The fourth-order valence-corrected chi connectivity index (χ4v) is 5.04. The molecular weight excluding hydrogens is 534 g/mol. The van der Waals surface area contributed by atoms with Crippen LogP contribution in [-0.4, -0.2) is 48.9 Å². The highest BCUT2D eigenvalue weighted by Crippen LogP contribution is 2.15. The van der Waals surface area contributed by atoms with Gasteiger partial charge in [-0.25, -0.2) is 12.4 Å². The maximum absolute atomic E-state index is 13.2. The molecular formula is C29H37N3O7S. The lowest BCUT2D eigenvalue weighted by Gasteiger charge is -2.19. The average molecular weight is 572 g/mol. The number of unbranched alkanes of at least 4 members (excludes halogenated alkanes) is 5. The lowest BCUT2D eigenvalue weighted by atomic mass is 10.1. The normalized spacial score (nSPS) is 11.3. The number of rotatable bonds is 14. The fraction of sp³-hybridized carbons (Fsp3) is 0.448. The molecule has 10 nitrogen and oxygen atoms in total. The van der Waals surface area contributed by atoms with Gasteiger partial charge in [0.25, 0.3) is 27.4 Å².